The van der Waals surface area contributed by atoms with Gasteiger partial charge in [0.25, 0.3) is 5.91 Å². The number of nitrogens with one attached hydrogen (secondary N) is 2. The number of hydrogen-bond donors (Lipinski definition) is 2. The Morgan fingerprint density at radius 3 is 3.16 bits per heavy atom. The minimum atomic E-state index is 0.180. The Hall–Kier alpha value is -1.81. The maximum Gasteiger partial charge on any atom is 0.254 e. The number of carbonyl (C=O) groups is 1. The van der Waals surface area contributed by atoms with Crippen LogP contribution < -0.4 is 5.32 Å². The highest BCUT2D eigenvalue weighted by molar-refractivity contribution is 5.98. The summed E-state index contributed by atoms with van der Waals surface area (Å²) in [6.45, 7) is 2.91. The number of fused-ring (bicyclic) bond motifs is 2. The number of hydrogen-bond acceptors (Lipinski definition) is 2. The molecule has 0 radical (unpaired) electrons. The number of nitrogens with zero attached hydrogens (tertiary/aromatic N) is 1. The van der Waals surface area contributed by atoms with Gasteiger partial charge in [-0.05, 0) is 36.6 Å². The first kappa shape index (κ1) is 11.1. The molecular formula is C15H17N3O. The second-order valence-electron chi connectivity index (χ2n) is 5.55. The fraction of sp³-hybridized carbons (Fsp3) is 0.400. The summed E-state index contributed by atoms with van der Waals surface area (Å²) in [5.74, 6) is 0.833. The largest absolute Gasteiger partial charge is 0.361 e. The van der Waals surface area contributed by atoms with Crippen molar-refractivity contribution in [3.05, 3.63) is 36.0 Å². The molecular weight excluding hydrogens is 238 g/mol. The third-order valence-electron chi connectivity index (χ3n) is 4.51. The van der Waals surface area contributed by atoms with Gasteiger partial charge in [0.1, 0.15) is 0 Å². The van der Waals surface area contributed by atoms with E-state index in [2.05, 4.69) is 15.2 Å². The molecule has 0 unspecified atom stereocenters. The monoisotopic (exact) mass is 255 g/mol. The molecule has 98 valence electrons. The molecule has 0 bridgehead atoms. The summed E-state index contributed by atoms with van der Waals surface area (Å²) >= 11 is 0. The fourth-order valence-electron chi connectivity index (χ4n) is 3.45. The van der Waals surface area contributed by atoms with E-state index in [9.17, 15) is 4.79 Å². The van der Waals surface area contributed by atoms with Crippen LogP contribution in [0.5, 0.6) is 0 Å². The molecule has 1 aromatic heterocycles. The summed E-state index contributed by atoms with van der Waals surface area (Å²) in [7, 11) is 0. The van der Waals surface area contributed by atoms with Crippen molar-refractivity contribution in [3.63, 3.8) is 0 Å². The number of aromatic amines is 1. The van der Waals surface area contributed by atoms with Gasteiger partial charge >= 0.3 is 0 Å². The predicted molar refractivity (Wildman–Crippen MR) is 74.1 cm³/mol. The molecule has 2 aliphatic rings. The lowest BCUT2D eigenvalue weighted by atomic mass is 10.0. The summed E-state index contributed by atoms with van der Waals surface area (Å²) in [4.78, 5) is 17.9. The third kappa shape index (κ3) is 1.67. The van der Waals surface area contributed by atoms with E-state index in [1.165, 1.54) is 0 Å². The minimum Gasteiger partial charge on any atom is -0.361 e. The van der Waals surface area contributed by atoms with Gasteiger partial charge < -0.3 is 15.2 Å². The van der Waals surface area contributed by atoms with Crippen LogP contribution in [0.25, 0.3) is 10.9 Å². The van der Waals surface area contributed by atoms with E-state index in [4.69, 9.17) is 0 Å². The van der Waals surface area contributed by atoms with Gasteiger partial charge in [0.05, 0.1) is 0 Å². The molecule has 0 aliphatic carbocycles. The van der Waals surface area contributed by atoms with Crippen LogP contribution in [0.3, 0.4) is 0 Å². The van der Waals surface area contributed by atoms with Crippen LogP contribution in [-0.4, -0.2) is 41.5 Å². The van der Waals surface area contributed by atoms with E-state index in [0.717, 1.165) is 42.5 Å². The van der Waals surface area contributed by atoms with Crippen molar-refractivity contribution in [1.29, 1.82) is 0 Å². The highest BCUT2D eigenvalue weighted by atomic mass is 16.2. The summed E-state index contributed by atoms with van der Waals surface area (Å²) in [5, 5.41) is 4.49. The van der Waals surface area contributed by atoms with Crippen molar-refractivity contribution in [2.24, 2.45) is 5.92 Å². The SMILES string of the molecule is O=C(c1ccc2[nH]ccc2c1)N1CC[C@H]2CNC[C@H]21. The molecule has 1 amide bonds. The summed E-state index contributed by atoms with van der Waals surface area (Å²) in [6.07, 6.45) is 3.04. The van der Waals surface area contributed by atoms with Crippen LogP contribution in [0.15, 0.2) is 30.5 Å². The smallest absolute Gasteiger partial charge is 0.254 e. The molecule has 0 saturated carbocycles. The summed E-state index contributed by atoms with van der Waals surface area (Å²) in [5.41, 5.74) is 1.89. The first-order chi connectivity index (χ1) is 9.33. The van der Waals surface area contributed by atoms with Gasteiger partial charge in [-0.1, -0.05) is 0 Å². The topological polar surface area (TPSA) is 48.1 Å². The van der Waals surface area contributed by atoms with E-state index in [0.29, 0.717) is 12.0 Å². The number of likely N-dealkylation sites (tertiary alicyclic amines) is 1. The zero-order chi connectivity index (χ0) is 12.8. The number of H-pyrrole nitrogens is 1. The molecule has 0 spiro atoms. The lowest BCUT2D eigenvalue weighted by Gasteiger charge is -2.23. The first-order valence-electron chi connectivity index (χ1n) is 6.92. The molecule has 3 heterocycles. The first-order valence-corrected chi connectivity index (χ1v) is 6.92. The van der Waals surface area contributed by atoms with Crippen LogP contribution in [0, 0.1) is 5.92 Å². The Bertz CT molecular complexity index is 633. The molecule has 2 aromatic rings. The summed E-state index contributed by atoms with van der Waals surface area (Å²) in [6, 6.07) is 8.31. The van der Waals surface area contributed by atoms with Crippen molar-refractivity contribution in [1.82, 2.24) is 15.2 Å². The van der Waals surface area contributed by atoms with Crippen molar-refractivity contribution < 1.29 is 4.79 Å². The maximum absolute atomic E-state index is 12.6. The van der Waals surface area contributed by atoms with Gasteiger partial charge in [0.2, 0.25) is 0 Å². The fourth-order valence-corrected chi connectivity index (χ4v) is 3.45. The van der Waals surface area contributed by atoms with Gasteiger partial charge in [-0.3, -0.25) is 4.79 Å². The second-order valence-corrected chi connectivity index (χ2v) is 5.55. The molecule has 2 atom stereocenters. The molecule has 4 nitrogen and oxygen atoms in total. The van der Waals surface area contributed by atoms with Gasteiger partial charge in [-0.2, -0.15) is 0 Å². The molecule has 4 heteroatoms. The Morgan fingerprint density at radius 1 is 1.26 bits per heavy atom. The second kappa shape index (κ2) is 4.10. The normalized spacial score (nSPS) is 26.0. The lowest BCUT2D eigenvalue weighted by Crippen LogP contribution is -2.39. The zero-order valence-corrected chi connectivity index (χ0v) is 10.7. The average Bonchev–Trinajstić information content (AvgIpc) is 3.12. The molecule has 2 aliphatic heterocycles. The number of rotatable bonds is 1. The molecule has 1 aromatic carbocycles. The molecule has 2 saturated heterocycles. The van der Waals surface area contributed by atoms with Crippen molar-refractivity contribution in [2.75, 3.05) is 19.6 Å². The average molecular weight is 255 g/mol. The Kier molecular flexibility index (Phi) is 2.38. The maximum atomic E-state index is 12.6. The van der Waals surface area contributed by atoms with E-state index >= 15 is 0 Å². The number of amides is 1. The highest BCUT2D eigenvalue weighted by Gasteiger charge is 2.40. The predicted octanol–water partition coefficient (Wildman–Crippen LogP) is 1.60. The van der Waals surface area contributed by atoms with E-state index in [1.807, 2.05) is 30.5 Å². The number of benzene rings is 1. The highest BCUT2D eigenvalue weighted by Crippen LogP contribution is 2.29. The molecule has 2 N–H and O–H groups in total. The van der Waals surface area contributed by atoms with E-state index in [-0.39, 0.29) is 5.91 Å². The molecule has 4 rings (SSSR count). The van der Waals surface area contributed by atoms with E-state index in [1.54, 1.807) is 0 Å². The van der Waals surface area contributed by atoms with Crippen LogP contribution >= 0.6 is 0 Å². The zero-order valence-electron chi connectivity index (χ0n) is 10.7. The van der Waals surface area contributed by atoms with Crippen molar-refractivity contribution >= 4 is 16.8 Å². The van der Waals surface area contributed by atoms with Crippen LogP contribution in [0.4, 0.5) is 0 Å². The number of carbonyl (C=O) groups excluding carboxylic acids is 1. The Labute approximate surface area is 111 Å². The quantitative estimate of drug-likeness (QED) is 0.813. The van der Waals surface area contributed by atoms with Crippen LogP contribution in [0.2, 0.25) is 0 Å². The standard InChI is InChI=1S/C15H17N3O/c19-15(18-6-4-12-8-16-9-14(12)18)11-1-2-13-10(7-11)3-5-17-13/h1-3,5,7,12,14,16-17H,4,6,8-9H2/t12-,14+/m0/s1. The molecule has 19 heavy (non-hydrogen) atoms. The van der Waals surface area contributed by atoms with Crippen LogP contribution in [0.1, 0.15) is 16.8 Å². The van der Waals surface area contributed by atoms with Gasteiger partial charge in [0.15, 0.2) is 0 Å². The van der Waals surface area contributed by atoms with E-state index < -0.39 is 0 Å². The molecule has 2 fully saturated rings. The third-order valence-corrected chi connectivity index (χ3v) is 4.51. The van der Waals surface area contributed by atoms with Gasteiger partial charge in [0, 0.05) is 48.3 Å². The van der Waals surface area contributed by atoms with Gasteiger partial charge in [-0.25, -0.2) is 0 Å². The van der Waals surface area contributed by atoms with Crippen LogP contribution in [-0.2, 0) is 0 Å². The van der Waals surface area contributed by atoms with Crippen molar-refractivity contribution in [3.8, 4) is 0 Å². The van der Waals surface area contributed by atoms with Crippen molar-refractivity contribution in [2.45, 2.75) is 12.5 Å². The minimum absolute atomic E-state index is 0.180. The summed E-state index contributed by atoms with van der Waals surface area (Å²) < 4.78 is 0. The van der Waals surface area contributed by atoms with Gasteiger partial charge in [-0.15, -0.1) is 0 Å². The number of aromatic nitrogens is 1. The Morgan fingerprint density at radius 2 is 2.21 bits per heavy atom. The Balaban J connectivity index is 1.65. The lowest BCUT2D eigenvalue weighted by molar-refractivity contribution is 0.0737.